The Kier molecular flexibility index (Phi) is 5.86. The molecular formula is C18H21N3O5. The van der Waals surface area contributed by atoms with Crippen molar-refractivity contribution in [3.8, 4) is 0 Å². The Morgan fingerprint density at radius 2 is 2.12 bits per heavy atom. The van der Waals surface area contributed by atoms with E-state index in [0.717, 1.165) is 0 Å². The molecule has 0 saturated heterocycles. The Hall–Kier alpha value is -3.03. The minimum atomic E-state index is -1.23. The van der Waals surface area contributed by atoms with Crippen LogP contribution in [0.2, 0.25) is 0 Å². The van der Waals surface area contributed by atoms with Crippen LogP contribution in [-0.4, -0.2) is 32.9 Å². The maximum atomic E-state index is 12.6. The predicted octanol–water partition coefficient (Wildman–Crippen LogP) is 2.66. The third-order valence-corrected chi connectivity index (χ3v) is 4.41. The van der Waals surface area contributed by atoms with Crippen LogP contribution in [0.25, 0.3) is 0 Å². The summed E-state index contributed by atoms with van der Waals surface area (Å²) in [5, 5.41) is 23.1. The normalized spacial score (nSPS) is 17.9. The van der Waals surface area contributed by atoms with Crippen molar-refractivity contribution in [2.75, 3.05) is 0 Å². The predicted molar refractivity (Wildman–Crippen MR) is 94.2 cm³/mol. The van der Waals surface area contributed by atoms with Gasteiger partial charge in [0.2, 0.25) is 0 Å². The third-order valence-electron chi connectivity index (χ3n) is 4.41. The molecule has 8 heteroatoms. The molecule has 1 amide bonds. The van der Waals surface area contributed by atoms with E-state index in [2.05, 4.69) is 10.3 Å². The van der Waals surface area contributed by atoms with Gasteiger partial charge in [-0.2, -0.15) is 0 Å². The molecule has 1 aliphatic carbocycles. The number of amides is 1. The number of carbonyl (C=O) groups excluding carboxylic acids is 1. The summed E-state index contributed by atoms with van der Waals surface area (Å²) in [6, 6.07) is 2.47. The fourth-order valence-corrected chi connectivity index (χ4v) is 3.09. The van der Waals surface area contributed by atoms with Crippen molar-refractivity contribution in [2.24, 2.45) is 11.8 Å². The van der Waals surface area contributed by atoms with E-state index < -0.39 is 16.8 Å². The SMILES string of the molecule is CC1=C([N+](=O)[O-])C=CC(C(NC(=O)c2ncccc2C(=O)O)C(C)C)C1. The van der Waals surface area contributed by atoms with E-state index in [-0.39, 0.29) is 34.8 Å². The van der Waals surface area contributed by atoms with E-state index in [1.165, 1.54) is 24.4 Å². The molecule has 2 rings (SSSR count). The maximum absolute atomic E-state index is 12.6. The van der Waals surface area contributed by atoms with E-state index in [1.807, 2.05) is 13.8 Å². The molecule has 1 heterocycles. The van der Waals surface area contributed by atoms with Gasteiger partial charge in [-0.25, -0.2) is 4.79 Å². The van der Waals surface area contributed by atoms with E-state index in [9.17, 15) is 24.8 Å². The summed E-state index contributed by atoms with van der Waals surface area (Å²) < 4.78 is 0. The zero-order valence-corrected chi connectivity index (χ0v) is 14.8. The average molecular weight is 359 g/mol. The molecule has 2 atom stereocenters. The quantitative estimate of drug-likeness (QED) is 0.595. The first kappa shape index (κ1) is 19.3. The molecule has 26 heavy (non-hydrogen) atoms. The van der Waals surface area contributed by atoms with E-state index in [4.69, 9.17) is 0 Å². The van der Waals surface area contributed by atoms with Crippen LogP contribution in [0, 0.1) is 22.0 Å². The number of aromatic carboxylic acids is 1. The molecule has 0 fully saturated rings. The molecule has 8 nitrogen and oxygen atoms in total. The standard InChI is InChI=1S/C18H21N3O5/c1-10(2)15(12-6-7-14(21(25)26)11(3)9-12)20-17(22)16-13(18(23)24)5-4-8-19-16/h4-8,10,12,15H,9H2,1-3H3,(H,20,22)(H,23,24). The lowest BCUT2D eigenvalue weighted by Gasteiger charge is -2.30. The summed E-state index contributed by atoms with van der Waals surface area (Å²) in [7, 11) is 0. The summed E-state index contributed by atoms with van der Waals surface area (Å²) in [5.74, 6) is -1.89. The molecule has 2 unspecified atom stereocenters. The Morgan fingerprint density at radius 3 is 2.65 bits per heavy atom. The van der Waals surface area contributed by atoms with Crippen molar-refractivity contribution in [2.45, 2.75) is 33.2 Å². The fourth-order valence-electron chi connectivity index (χ4n) is 3.09. The largest absolute Gasteiger partial charge is 0.478 e. The van der Waals surface area contributed by atoms with Gasteiger partial charge in [-0.3, -0.25) is 19.9 Å². The highest BCUT2D eigenvalue weighted by Gasteiger charge is 2.31. The minimum absolute atomic E-state index is 0.0375. The average Bonchev–Trinajstić information content (AvgIpc) is 2.58. The number of hydrogen-bond donors (Lipinski definition) is 2. The monoisotopic (exact) mass is 359 g/mol. The zero-order valence-electron chi connectivity index (χ0n) is 14.8. The number of nitrogens with zero attached hydrogens (tertiary/aromatic N) is 2. The fraction of sp³-hybridized carbons (Fsp3) is 0.389. The maximum Gasteiger partial charge on any atom is 0.338 e. The number of hydrogen-bond acceptors (Lipinski definition) is 5. The molecule has 2 N–H and O–H groups in total. The molecule has 1 aromatic heterocycles. The highest BCUT2D eigenvalue weighted by atomic mass is 16.6. The molecule has 0 aliphatic heterocycles. The van der Waals surface area contributed by atoms with Crippen molar-refractivity contribution >= 4 is 11.9 Å². The Labute approximate surface area is 150 Å². The number of carboxylic acid groups (broad SMARTS) is 1. The van der Waals surface area contributed by atoms with Crippen LogP contribution >= 0.6 is 0 Å². The number of pyridine rings is 1. The van der Waals surface area contributed by atoms with E-state index in [1.54, 1.807) is 13.0 Å². The second kappa shape index (κ2) is 7.90. The Bertz CT molecular complexity index is 798. The van der Waals surface area contributed by atoms with Gasteiger partial charge in [0.05, 0.1) is 10.5 Å². The van der Waals surface area contributed by atoms with Crippen LogP contribution in [0.3, 0.4) is 0 Å². The summed E-state index contributed by atoms with van der Waals surface area (Å²) in [5.41, 5.74) is 0.404. The summed E-state index contributed by atoms with van der Waals surface area (Å²) >= 11 is 0. The van der Waals surface area contributed by atoms with E-state index >= 15 is 0 Å². The molecule has 1 aromatic rings. The number of rotatable bonds is 6. The topological polar surface area (TPSA) is 122 Å². The highest BCUT2D eigenvalue weighted by Crippen LogP contribution is 2.29. The number of allylic oxidation sites excluding steroid dienone is 2. The lowest BCUT2D eigenvalue weighted by atomic mass is 9.82. The van der Waals surface area contributed by atoms with Gasteiger partial charge in [0.1, 0.15) is 5.69 Å². The Morgan fingerprint density at radius 1 is 1.42 bits per heavy atom. The highest BCUT2D eigenvalue weighted by molar-refractivity contribution is 6.03. The molecule has 0 radical (unpaired) electrons. The molecule has 138 valence electrons. The van der Waals surface area contributed by atoms with Crippen molar-refractivity contribution in [3.05, 3.63) is 63.1 Å². The number of nitrogens with one attached hydrogen (secondary N) is 1. The number of nitro groups is 1. The van der Waals surface area contributed by atoms with Gasteiger partial charge in [-0.05, 0) is 31.4 Å². The number of aromatic nitrogens is 1. The molecule has 1 aliphatic rings. The van der Waals surface area contributed by atoms with Gasteiger partial charge < -0.3 is 10.4 Å². The summed E-state index contributed by atoms with van der Waals surface area (Å²) in [6.07, 6.45) is 5.01. The molecule has 0 aromatic carbocycles. The lowest BCUT2D eigenvalue weighted by Crippen LogP contribution is -2.44. The second-order valence-corrected chi connectivity index (χ2v) is 6.60. The zero-order chi connectivity index (χ0) is 19.4. The summed E-state index contributed by atoms with van der Waals surface area (Å²) in [6.45, 7) is 5.56. The molecule has 0 bridgehead atoms. The summed E-state index contributed by atoms with van der Waals surface area (Å²) in [4.78, 5) is 38.4. The Balaban J connectivity index is 2.23. The number of carbonyl (C=O) groups is 2. The van der Waals surface area contributed by atoms with Crippen LogP contribution < -0.4 is 5.32 Å². The van der Waals surface area contributed by atoms with Gasteiger partial charge in [0.15, 0.2) is 0 Å². The van der Waals surface area contributed by atoms with Crippen LogP contribution in [0.1, 0.15) is 48.0 Å². The van der Waals surface area contributed by atoms with Gasteiger partial charge in [0, 0.05) is 29.8 Å². The van der Waals surface area contributed by atoms with Crippen LogP contribution in [0.15, 0.2) is 41.8 Å². The molecule has 0 saturated carbocycles. The molecule has 0 spiro atoms. The van der Waals surface area contributed by atoms with Crippen LogP contribution in [0.4, 0.5) is 0 Å². The van der Waals surface area contributed by atoms with Crippen molar-refractivity contribution in [1.82, 2.24) is 10.3 Å². The number of carboxylic acids is 1. The first-order chi connectivity index (χ1) is 12.2. The van der Waals surface area contributed by atoms with Gasteiger partial charge in [-0.15, -0.1) is 0 Å². The molecular weight excluding hydrogens is 338 g/mol. The lowest BCUT2D eigenvalue weighted by molar-refractivity contribution is -0.420. The third kappa shape index (κ3) is 4.14. The minimum Gasteiger partial charge on any atom is -0.478 e. The van der Waals surface area contributed by atoms with Gasteiger partial charge in [-0.1, -0.05) is 19.9 Å². The van der Waals surface area contributed by atoms with Crippen molar-refractivity contribution in [3.63, 3.8) is 0 Å². The smallest absolute Gasteiger partial charge is 0.338 e. The van der Waals surface area contributed by atoms with E-state index in [0.29, 0.717) is 12.0 Å². The van der Waals surface area contributed by atoms with Gasteiger partial charge in [0.25, 0.3) is 11.6 Å². The van der Waals surface area contributed by atoms with Crippen LogP contribution in [-0.2, 0) is 0 Å². The first-order valence-electron chi connectivity index (χ1n) is 8.23. The second-order valence-electron chi connectivity index (χ2n) is 6.60. The van der Waals surface area contributed by atoms with Crippen LogP contribution in [0.5, 0.6) is 0 Å². The van der Waals surface area contributed by atoms with Crippen molar-refractivity contribution < 1.29 is 19.6 Å². The van der Waals surface area contributed by atoms with Gasteiger partial charge >= 0.3 is 5.97 Å². The first-order valence-corrected chi connectivity index (χ1v) is 8.23. The van der Waals surface area contributed by atoms with Crippen molar-refractivity contribution in [1.29, 1.82) is 0 Å².